The van der Waals surface area contributed by atoms with E-state index in [0.717, 1.165) is 28.5 Å². The summed E-state index contributed by atoms with van der Waals surface area (Å²) in [5, 5.41) is 13.5. The van der Waals surface area contributed by atoms with Gasteiger partial charge in [0.15, 0.2) is 0 Å². The number of amides is 1. The lowest BCUT2D eigenvalue weighted by atomic mass is 10.0. The quantitative estimate of drug-likeness (QED) is 0.585. The zero-order valence-electron chi connectivity index (χ0n) is 17.0. The van der Waals surface area contributed by atoms with Gasteiger partial charge in [-0.15, -0.1) is 0 Å². The van der Waals surface area contributed by atoms with Crippen LogP contribution < -0.4 is 10.9 Å². The van der Waals surface area contributed by atoms with Gasteiger partial charge in [-0.25, -0.2) is 9.59 Å². The van der Waals surface area contributed by atoms with E-state index < -0.39 is 23.5 Å². The molecule has 0 aliphatic rings. The van der Waals surface area contributed by atoms with Gasteiger partial charge < -0.3 is 19.3 Å². The number of carbonyl (C=O) groups excluding carboxylic acids is 1. The highest BCUT2D eigenvalue weighted by atomic mass is 16.4. The number of aliphatic carboxylic acids is 1. The van der Waals surface area contributed by atoms with E-state index in [1.54, 1.807) is 13.0 Å². The molecule has 1 unspecified atom stereocenters. The molecule has 0 saturated carbocycles. The van der Waals surface area contributed by atoms with Crippen LogP contribution in [0.15, 0.2) is 25.8 Å². The molecule has 2 heterocycles. The number of benzene rings is 1. The van der Waals surface area contributed by atoms with Gasteiger partial charge in [0.2, 0.25) is 5.91 Å². The zero-order valence-corrected chi connectivity index (χ0v) is 17.0. The minimum absolute atomic E-state index is 0.229. The van der Waals surface area contributed by atoms with Crippen molar-refractivity contribution in [2.45, 2.75) is 59.4 Å². The van der Waals surface area contributed by atoms with Gasteiger partial charge in [0.25, 0.3) is 0 Å². The molecular formula is C22H25NO6. The fraction of sp³-hybridized carbons (Fsp3) is 0.409. The highest BCUT2D eigenvalue weighted by Gasteiger charge is 2.22. The molecule has 1 aromatic carbocycles. The molecule has 154 valence electrons. The lowest BCUT2D eigenvalue weighted by Crippen LogP contribution is -2.42. The third-order valence-corrected chi connectivity index (χ3v) is 5.40. The van der Waals surface area contributed by atoms with E-state index >= 15 is 0 Å². The number of aryl methyl sites for hydroxylation is 3. The Kier molecular flexibility index (Phi) is 5.77. The number of carboxylic acid groups (broad SMARTS) is 1. The Hall–Kier alpha value is -3.09. The molecule has 3 aromatic rings. The number of carboxylic acids is 1. The first-order valence-electron chi connectivity index (χ1n) is 9.71. The number of furan rings is 1. The largest absolute Gasteiger partial charge is 0.480 e. The van der Waals surface area contributed by atoms with E-state index in [4.69, 9.17) is 8.83 Å². The van der Waals surface area contributed by atoms with Crippen molar-refractivity contribution in [3.8, 4) is 0 Å². The Morgan fingerprint density at radius 2 is 1.72 bits per heavy atom. The van der Waals surface area contributed by atoms with Crippen LogP contribution in [0.1, 0.15) is 48.6 Å². The monoisotopic (exact) mass is 399 g/mol. The van der Waals surface area contributed by atoms with E-state index in [9.17, 15) is 19.5 Å². The second-order valence-electron chi connectivity index (χ2n) is 7.40. The molecule has 0 saturated heterocycles. The first-order valence-corrected chi connectivity index (χ1v) is 9.71. The summed E-state index contributed by atoms with van der Waals surface area (Å²) in [6.45, 7) is 7.54. The molecule has 1 amide bonds. The number of fused-ring (bicyclic) bond motifs is 2. The maximum Gasteiger partial charge on any atom is 0.340 e. The third kappa shape index (κ3) is 4.04. The van der Waals surface area contributed by atoms with Crippen molar-refractivity contribution in [1.82, 2.24) is 5.32 Å². The summed E-state index contributed by atoms with van der Waals surface area (Å²) in [6.07, 6.45) is 1.63. The number of nitrogens with one attached hydrogen (secondary N) is 1. The van der Waals surface area contributed by atoms with Gasteiger partial charge >= 0.3 is 11.6 Å². The topological polar surface area (TPSA) is 110 Å². The highest BCUT2D eigenvalue weighted by Crippen LogP contribution is 2.31. The second kappa shape index (κ2) is 8.11. The fourth-order valence-corrected chi connectivity index (χ4v) is 3.50. The molecule has 0 radical (unpaired) electrons. The molecule has 7 heteroatoms. The van der Waals surface area contributed by atoms with Gasteiger partial charge in [-0.05, 0) is 44.4 Å². The van der Waals surface area contributed by atoms with Gasteiger partial charge in [-0.2, -0.15) is 0 Å². The molecule has 0 aliphatic heterocycles. The number of hydrogen-bond donors (Lipinski definition) is 2. The van der Waals surface area contributed by atoms with E-state index in [1.165, 1.54) is 0 Å². The van der Waals surface area contributed by atoms with Crippen LogP contribution in [0.5, 0.6) is 0 Å². The second-order valence-corrected chi connectivity index (χ2v) is 7.40. The smallest absolute Gasteiger partial charge is 0.340 e. The Bertz CT molecular complexity index is 1150. The summed E-state index contributed by atoms with van der Waals surface area (Å²) < 4.78 is 11.1. The average Bonchev–Trinajstić information content (AvgIpc) is 2.94. The van der Waals surface area contributed by atoms with Crippen molar-refractivity contribution in [1.29, 1.82) is 0 Å². The normalized spacial score (nSPS) is 12.4. The highest BCUT2D eigenvalue weighted by molar-refractivity contribution is 5.97. The molecule has 1 atom stereocenters. The van der Waals surface area contributed by atoms with Crippen molar-refractivity contribution >= 4 is 33.8 Å². The van der Waals surface area contributed by atoms with Crippen LogP contribution in [0.3, 0.4) is 0 Å². The predicted molar refractivity (Wildman–Crippen MR) is 109 cm³/mol. The molecule has 0 bridgehead atoms. The van der Waals surface area contributed by atoms with Crippen molar-refractivity contribution in [2.75, 3.05) is 0 Å². The van der Waals surface area contributed by atoms with Crippen LogP contribution in [0.25, 0.3) is 21.9 Å². The Labute approximate surface area is 167 Å². The van der Waals surface area contributed by atoms with Crippen LogP contribution in [-0.4, -0.2) is 23.0 Å². The fourth-order valence-electron chi connectivity index (χ4n) is 3.50. The number of unbranched alkanes of at least 4 members (excludes halogenated alkanes) is 1. The Morgan fingerprint density at radius 3 is 2.38 bits per heavy atom. The molecule has 2 N–H and O–H groups in total. The summed E-state index contributed by atoms with van der Waals surface area (Å²) in [4.78, 5) is 36.3. The van der Waals surface area contributed by atoms with Crippen LogP contribution >= 0.6 is 0 Å². The van der Waals surface area contributed by atoms with Crippen LogP contribution in [-0.2, 0) is 16.0 Å². The van der Waals surface area contributed by atoms with E-state index in [2.05, 4.69) is 5.32 Å². The van der Waals surface area contributed by atoms with Gasteiger partial charge in [0, 0.05) is 16.8 Å². The minimum Gasteiger partial charge on any atom is -0.480 e. The first-order chi connectivity index (χ1) is 13.7. The first kappa shape index (κ1) is 20.6. The SMILES string of the molecule is CCCCC(NC(=O)Cc1c(C)c2cc3c(C)c(C)oc3cc2oc1=O)C(=O)O. The number of rotatable bonds is 7. The average molecular weight is 399 g/mol. The summed E-state index contributed by atoms with van der Waals surface area (Å²) in [5.74, 6) is -0.802. The van der Waals surface area contributed by atoms with Crippen LogP contribution in [0.4, 0.5) is 0 Å². The molecule has 2 aromatic heterocycles. The molecule has 3 rings (SSSR count). The van der Waals surface area contributed by atoms with Crippen LogP contribution in [0.2, 0.25) is 0 Å². The lowest BCUT2D eigenvalue weighted by Gasteiger charge is -2.14. The summed E-state index contributed by atoms with van der Waals surface area (Å²) in [6, 6.07) is 2.62. The zero-order chi connectivity index (χ0) is 21.3. The Morgan fingerprint density at radius 1 is 1.07 bits per heavy atom. The van der Waals surface area contributed by atoms with Gasteiger partial charge in [0.1, 0.15) is 23.0 Å². The van der Waals surface area contributed by atoms with Gasteiger partial charge in [0.05, 0.1) is 12.0 Å². The molecule has 0 fully saturated rings. The van der Waals surface area contributed by atoms with Gasteiger partial charge in [-0.3, -0.25) is 4.79 Å². The molecule has 29 heavy (non-hydrogen) atoms. The predicted octanol–water partition coefficient (Wildman–Crippen LogP) is 3.77. The standard InChI is InChI=1S/C22H25NO6/c1-5-6-7-17(21(25)26)23-20(24)9-16-12(3)15-8-14-11(2)13(4)28-18(14)10-19(15)29-22(16)27/h8,10,17H,5-7,9H2,1-4H3,(H,23,24)(H,25,26). The van der Waals surface area contributed by atoms with E-state index in [0.29, 0.717) is 29.6 Å². The van der Waals surface area contributed by atoms with Crippen molar-refractivity contribution in [3.05, 3.63) is 45.0 Å². The van der Waals surface area contributed by atoms with Crippen molar-refractivity contribution < 1.29 is 23.5 Å². The van der Waals surface area contributed by atoms with Gasteiger partial charge in [-0.1, -0.05) is 19.8 Å². The van der Waals surface area contributed by atoms with E-state index in [-0.39, 0.29) is 12.0 Å². The summed E-state index contributed by atoms with van der Waals surface area (Å²) in [7, 11) is 0. The number of carbonyl (C=O) groups is 2. The maximum atomic E-state index is 12.5. The van der Waals surface area contributed by atoms with Crippen LogP contribution in [0, 0.1) is 20.8 Å². The molecule has 0 spiro atoms. The maximum absolute atomic E-state index is 12.5. The summed E-state index contributed by atoms with van der Waals surface area (Å²) in [5.41, 5.74) is 2.31. The number of hydrogen-bond acceptors (Lipinski definition) is 5. The Balaban J connectivity index is 1.95. The minimum atomic E-state index is -1.08. The van der Waals surface area contributed by atoms with E-state index in [1.807, 2.05) is 26.8 Å². The molecular weight excluding hydrogens is 374 g/mol. The lowest BCUT2D eigenvalue weighted by molar-refractivity contribution is -0.142. The summed E-state index contributed by atoms with van der Waals surface area (Å²) >= 11 is 0. The molecule has 7 nitrogen and oxygen atoms in total. The third-order valence-electron chi connectivity index (χ3n) is 5.40. The molecule has 0 aliphatic carbocycles. The van der Waals surface area contributed by atoms with Crippen molar-refractivity contribution in [3.63, 3.8) is 0 Å². The van der Waals surface area contributed by atoms with Crippen molar-refractivity contribution in [2.24, 2.45) is 0 Å².